The lowest BCUT2D eigenvalue weighted by atomic mass is 9.95. The summed E-state index contributed by atoms with van der Waals surface area (Å²) in [5.41, 5.74) is -0.754. The molecule has 96 valence electrons. The third-order valence-corrected chi connectivity index (χ3v) is 4.87. The molecule has 2 rings (SSSR count). The van der Waals surface area contributed by atoms with E-state index in [-0.39, 0.29) is 5.03 Å². The van der Waals surface area contributed by atoms with Crippen LogP contribution >= 0.6 is 0 Å². The summed E-state index contributed by atoms with van der Waals surface area (Å²) in [7, 11) is -1.77. The average Bonchev–Trinajstić information content (AvgIpc) is 2.65. The number of nitrogens with zero attached hydrogens (tertiary/aromatic N) is 3. The van der Waals surface area contributed by atoms with Crippen molar-refractivity contribution >= 4 is 10.0 Å². The zero-order chi connectivity index (χ0) is 12.7. The Morgan fingerprint density at radius 1 is 1.41 bits per heavy atom. The van der Waals surface area contributed by atoms with Gasteiger partial charge in [0.05, 0.1) is 11.9 Å². The van der Waals surface area contributed by atoms with Gasteiger partial charge >= 0.3 is 0 Å². The number of hydrogen-bond acceptors (Lipinski definition) is 4. The van der Waals surface area contributed by atoms with E-state index < -0.39 is 15.6 Å². The van der Waals surface area contributed by atoms with Crippen LogP contribution in [0.15, 0.2) is 17.6 Å². The van der Waals surface area contributed by atoms with Crippen LogP contribution < -0.4 is 0 Å². The van der Waals surface area contributed by atoms with Gasteiger partial charge in [0.2, 0.25) is 0 Å². The first-order chi connectivity index (χ1) is 7.81. The number of aromatic nitrogens is 2. The number of hydrogen-bond donors (Lipinski definition) is 1. The summed E-state index contributed by atoms with van der Waals surface area (Å²) in [4.78, 5) is 3.87. The third kappa shape index (κ3) is 2.51. The molecule has 0 saturated carbocycles. The summed E-state index contributed by atoms with van der Waals surface area (Å²) < 4.78 is 27.3. The maximum atomic E-state index is 12.2. The van der Waals surface area contributed by atoms with Gasteiger partial charge in [-0.3, -0.25) is 0 Å². The van der Waals surface area contributed by atoms with Gasteiger partial charge < -0.3 is 9.67 Å². The highest BCUT2D eigenvalue weighted by atomic mass is 32.2. The minimum Gasteiger partial charge on any atom is -0.390 e. The van der Waals surface area contributed by atoms with E-state index in [0.717, 1.165) is 0 Å². The van der Waals surface area contributed by atoms with Gasteiger partial charge in [0.1, 0.15) is 0 Å². The molecule has 0 unspecified atom stereocenters. The predicted molar refractivity (Wildman–Crippen MR) is 61.8 cm³/mol. The van der Waals surface area contributed by atoms with Gasteiger partial charge in [0.25, 0.3) is 10.0 Å². The number of imidazole rings is 1. The van der Waals surface area contributed by atoms with Crippen LogP contribution in [-0.4, -0.2) is 46.1 Å². The van der Waals surface area contributed by atoms with E-state index in [2.05, 4.69) is 4.98 Å². The van der Waals surface area contributed by atoms with E-state index in [1.54, 1.807) is 18.5 Å². The van der Waals surface area contributed by atoms with Gasteiger partial charge in [-0.1, -0.05) is 0 Å². The summed E-state index contributed by atoms with van der Waals surface area (Å²) in [5.74, 6) is 0. The molecule has 0 spiro atoms. The third-order valence-electron chi connectivity index (χ3n) is 3.08. The molecule has 0 amide bonds. The normalized spacial score (nSPS) is 21.6. The number of sulfonamides is 1. The van der Waals surface area contributed by atoms with Crippen molar-refractivity contribution in [3.63, 3.8) is 0 Å². The van der Waals surface area contributed by atoms with Gasteiger partial charge in [-0.15, -0.1) is 0 Å². The second-order valence-electron chi connectivity index (χ2n) is 4.78. The van der Waals surface area contributed by atoms with Crippen LogP contribution in [0.3, 0.4) is 0 Å². The molecule has 7 heteroatoms. The lowest BCUT2D eigenvalue weighted by molar-refractivity contribution is 0.0125. The van der Waals surface area contributed by atoms with E-state index in [4.69, 9.17) is 0 Å². The van der Waals surface area contributed by atoms with Crippen LogP contribution in [-0.2, 0) is 17.1 Å². The molecule has 6 nitrogen and oxygen atoms in total. The number of piperidine rings is 1. The molecule has 1 N–H and O–H groups in total. The van der Waals surface area contributed by atoms with E-state index in [9.17, 15) is 13.5 Å². The molecule has 0 aliphatic carbocycles. The van der Waals surface area contributed by atoms with E-state index >= 15 is 0 Å². The van der Waals surface area contributed by atoms with Crippen LogP contribution in [0.25, 0.3) is 0 Å². The zero-order valence-corrected chi connectivity index (χ0v) is 10.8. The molecule has 17 heavy (non-hydrogen) atoms. The Morgan fingerprint density at radius 3 is 2.47 bits per heavy atom. The largest absolute Gasteiger partial charge is 0.390 e. The highest BCUT2D eigenvalue weighted by Gasteiger charge is 2.34. The fourth-order valence-electron chi connectivity index (χ4n) is 1.86. The van der Waals surface area contributed by atoms with E-state index in [1.807, 2.05) is 0 Å². The van der Waals surface area contributed by atoms with Crippen molar-refractivity contribution in [1.82, 2.24) is 13.9 Å². The van der Waals surface area contributed by atoms with Crippen molar-refractivity contribution in [2.24, 2.45) is 7.05 Å². The number of aliphatic hydroxyl groups is 1. The fourth-order valence-corrected chi connectivity index (χ4v) is 3.27. The Kier molecular flexibility index (Phi) is 3.01. The molecule has 1 aliphatic heterocycles. The maximum absolute atomic E-state index is 12.2. The molecule has 1 aromatic rings. The van der Waals surface area contributed by atoms with Crippen LogP contribution in [0.2, 0.25) is 0 Å². The average molecular weight is 259 g/mol. The first-order valence-electron chi connectivity index (χ1n) is 5.52. The van der Waals surface area contributed by atoms with Crippen molar-refractivity contribution in [3.05, 3.63) is 12.5 Å². The van der Waals surface area contributed by atoms with Crippen LogP contribution in [0.1, 0.15) is 19.8 Å². The molecule has 0 radical (unpaired) electrons. The summed E-state index contributed by atoms with van der Waals surface area (Å²) in [6.45, 7) is 2.41. The van der Waals surface area contributed by atoms with Crippen LogP contribution in [0.5, 0.6) is 0 Å². The predicted octanol–water partition coefficient (Wildman–Crippen LogP) is -0.0444. The van der Waals surface area contributed by atoms with E-state index in [1.165, 1.54) is 16.8 Å². The molecule has 1 fully saturated rings. The standard InChI is InChI=1S/C10H17N3O3S/c1-10(14)3-5-13(6-4-10)17(15,16)9-7-12(2)8-11-9/h7-8,14H,3-6H2,1-2H3. The maximum Gasteiger partial charge on any atom is 0.262 e. The number of aryl methyl sites for hydroxylation is 1. The second-order valence-corrected chi connectivity index (χ2v) is 6.66. The monoisotopic (exact) mass is 259 g/mol. The van der Waals surface area contributed by atoms with Gasteiger partial charge in [0, 0.05) is 26.3 Å². The smallest absolute Gasteiger partial charge is 0.262 e. The zero-order valence-electron chi connectivity index (χ0n) is 10.00. The van der Waals surface area contributed by atoms with Gasteiger partial charge in [-0.2, -0.15) is 4.31 Å². The van der Waals surface area contributed by atoms with Crippen LogP contribution in [0.4, 0.5) is 0 Å². The molecule has 1 aromatic heterocycles. The Labute approximate surface area is 101 Å². The lowest BCUT2D eigenvalue weighted by Crippen LogP contribution is -2.45. The molecule has 0 bridgehead atoms. The Bertz CT molecular complexity index is 497. The van der Waals surface area contributed by atoms with Crippen molar-refractivity contribution < 1.29 is 13.5 Å². The van der Waals surface area contributed by atoms with Crippen molar-refractivity contribution in [2.45, 2.75) is 30.4 Å². The minimum atomic E-state index is -3.50. The highest BCUT2D eigenvalue weighted by Crippen LogP contribution is 2.25. The molecule has 2 heterocycles. The fraction of sp³-hybridized carbons (Fsp3) is 0.700. The lowest BCUT2D eigenvalue weighted by Gasteiger charge is -2.34. The van der Waals surface area contributed by atoms with E-state index in [0.29, 0.717) is 25.9 Å². The first-order valence-corrected chi connectivity index (χ1v) is 6.96. The topological polar surface area (TPSA) is 75.4 Å². The molecular weight excluding hydrogens is 242 g/mol. The van der Waals surface area contributed by atoms with Gasteiger partial charge in [0.15, 0.2) is 5.03 Å². The summed E-state index contributed by atoms with van der Waals surface area (Å²) >= 11 is 0. The SMILES string of the molecule is Cn1cnc(S(=O)(=O)N2CCC(C)(O)CC2)c1. The summed E-state index contributed by atoms with van der Waals surface area (Å²) in [6.07, 6.45) is 3.87. The summed E-state index contributed by atoms with van der Waals surface area (Å²) in [6, 6.07) is 0. The Balaban J connectivity index is 2.18. The van der Waals surface area contributed by atoms with Crippen molar-refractivity contribution in [2.75, 3.05) is 13.1 Å². The van der Waals surface area contributed by atoms with Gasteiger partial charge in [-0.25, -0.2) is 13.4 Å². The Hall–Kier alpha value is -0.920. The molecule has 0 aromatic carbocycles. The Morgan fingerprint density at radius 2 is 2.00 bits per heavy atom. The van der Waals surface area contributed by atoms with Crippen molar-refractivity contribution in [1.29, 1.82) is 0 Å². The first kappa shape index (κ1) is 12.5. The highest BCUT2D eigenvalue weighted by molar-refractivity contribution is 7.89. The summed E-state index contributed by atoms with van der Waals surface area (Å²) in [5, 5.41) is 9.86. The molecule has 1 aliphatic rings. The van der Waals surface area contributed by atoms with Gasteiger partial charge in [-0.05, 0) is 19.8 Å². The van der Waals surface area contributed by atoms with Crippen LogP contribution in [0, 0.1) is 0 Å². The molecular formula is C10H17N3O3S. The molecule has 1 saturated heterocycles. The quantitative estimate of drug-likeness (QED) is 0.808. The molecule has 0 atom stereocenters. The minimum absolute atomic E-state index is 0.0709. The number of rotatable bonds is 2. The second kappa shape index (κ2) is 4.08. The van der Waals surface area contributed by atoms with Crippen molar-refractivity contribution in [3.8, 4) is 0 Å².